The molecule has 0 bridgehead atoms. The molecule has 0 aliphatic carbocycles. The molecule has 2 aromatic rings. The van der Waals surface area contributed by atoms with Crippen molar-refractivity contribution >= 4 is 5.69 Å². The lowest BCUT2D eigenvalue weighted by Gasteiger charge is -2.03. The summed E-state index contributed by atoms with van der Waals surface area (Å²) in [4.78, 5) is 3.32. The van der Waals surface area contributed by atoms with Crippen LogP contribution in [0.5, 0.6) is 0 Å². The fourth-order valence-electron chi connectivity index (χ4n) is 1.46. The Kier molecular flexibility index (Phi) is 2.47. The van der Waals surface area contributed by atoms with E-state index in [0.717, 1.165) is 11.1 Å². The van der Waals surface area contributed by atoms with E-state index in [1.807, 2.05) is 30.3 Å². The standard InChI is InChI=1S/C13H8FN/c1-15-13-9-11(14)7-8-12(13)10-5-3-2-4-6-10/h2-9H. The SMILES string of the molecule is [C-]#[N+]c1cc(F)ccc1-c1ccccc1. The summed E-state index contributed by atoms with van der Waals surface area (Å²) in [5, 5.41) is 0. The maximum absolute atomic E-state index is 12.9. The van der Waals surface area contributed by atoms with Crippen LogP contribution in [0.25, 0.3) is 16.0 Å². The molecule has 0 aliphatic rings. The summed E-state index contributed by atoms with van der Waals surface area (Å²) in [6.45, 7) is 6.99. The number of hydrogen-bond donors (Lipinski definition) is 0. The molecule has 0 fully saturated rings. The van der Waals surface area contributed by atoms with Gasteiger partial charge in [0.05, 0.1) is 6.57 Å². The van der Waals surface area contributed by atoms with Crippen molar-refractivity contribution in [3.05, 3.63) is 65.8 Å². The van der Waals surface area contributed by atoms with Crippen LogP contribution < -0.4 is 0 Å². The van der Waals surface area contributed by atoms with Crippen molar-refractivity contribution in [3.8, 4) is 11.1 Å². The minimum absolute atomic E-state index is 0.348. The largest absolute Gasteiger partial charge is 0.237 e. The molecule has 0 aromatic heterocycles. The molecule has 0 radical (unpaired) electrons. The van der Waals surface area contributed by atoms with Gasteiger partial charge in [-0.05, 0) is 23.3 Å². The summed E-state index contributed by atoms with van der Waals surface area (Å²) in [5.74, 6) is -0.374. The minimum Gasteiger partial charge on any atom is -0.237 e. The van der Waals surface area contributed by atoms with E-state index in [0.29, 0.717) is 5.69 Å². The highest BCUT2D eigenvalue weighted by atomic mass is 19.1. The highest BCUT2D eigenvalue weighted by molar-refractivity contribution is 5.78. The normalized spacial score (nSPS) is 9.60. The fraction of sp³-hybridized carbons (Fsp3) is 0. The number of rotatable bonds is 1. The van der Waals surface area contributed by atoms with Crippen LogP contribution in [0, 0.1) is 12.4 Å². The summed E-state index contributed by atoms with van der Waals surface area (Å²) < 4.78 is 12.9. The Morgan fingerprint density at radius 2 is 1.73 bits per heavy atom. The Morgan fingerprint density at radius 1 is 1.00 bits per heavy atom. The van der Waals surface area contributed by atoms with Crippen LogP contribution in [0.15, 0.2) is 48.5 Å². The summed E-state index contributed by atoms with van der Waals surface area (Å²) in [6.07, 6.45) is 0. The van der Waals surface area contributed by atoms with Crippen molar-refractivity contribution < 1.29 is 4.39 Å². The second-order valence-electron chi connectivity index (χ2n) is 3.14. The van der Waals surface area contributed by atoms with Crippen molar-refractivity contribution in [2.75, 3.05) is 0 Å². The molecule has 72 valence electrons. The lowest BCUT2D eigenvalue weighted by Crippen LogP contribution is -1.79. The number of hydrogen-bond acceptors (Lipinski definition) is 0. The second-order valence-corrected chi connectivity index (χ2v) is 3.14. The van der Waals surface area contributed by atoms with Crippen LogP contribution in [0.3, 0.4) is 0 Å². The van der Waals surface area contributed by atoms with Gasteiger partial charge in [0.1, 0.15) is 5.82 Å². The van der Waals surface area contributed by atoms with Gasteiger partial charge >= 0.3 is 0 Å². The average Bonchev–Trinajstić information content (AvgIpc) is 2.30. The Bertz CT molecular complexity index is 512. The maximum atomic E-state index is 12.9. The molecule has 0 atom stereocenters. The quantitative estimate of drug-likeness (QED) is 0.607. The van der Waals surface area contributed by atoms with E-state index in [1.54, 1.807) is 6.07 Å². The van der Waals surface area contributed by atoms with E-state index in [9.17, 15) is 4.39 Å². The van der Waals surface area contributed by atoms with Crippen molar-refractivity contribution in [2.45, 2.75) is 0 Å². The van der Waals surface area contributed by atoms with Crippen molar-refractivity contribution in [2.24, 2.45) is 0 Å². The predicted molar refractivity (Wildman–Crippen MR) is 58.1 cm³/mol. The topological polar surface area (TPSA) is 4.36 Å². The molecule has 2 aromatic carbocycles. The number of benzene rings is 2. The van der Waals surface area contributed by atoms with Crippen LogP contribution in [-0.2, 0) is 0 Å². The zero-order valence-corrected chi connectivity index (χ0v) is 7.94. The van der Waals surface area contributed by atoms with Crippen LogP contribution in [-0.4, -0.2) is 0 Å². The third kappa shape index (κ3) is 1.87. The van der Waals surface area contributed by atoms with E-state index in [-0.39, 0.29) is 5.82 Å². The summed E-state index contributed by atoms with van der Waals surface area (Å²) >= 11 is 0. The maximum Gasteiger partial charge on any atom is 0.197 e. The van der Waals surface area contributed by atoms with Crippen molar-refractivity contribution in [3.63, 3.8) is 0 Å². The molecule has 0 spiro atoms. The molecule has 0 heterocycles. The Morgan fingerprint density at radius 3 is 2.40 bits per heavy atom. The molecule has 1 nitrogen and oxygen atoms in total. The Labute approximate surface area is 87.6 Å². The number of halogens is 1. The third-order valence-electron chi connectivity index (χ3n) is 2.17. The van der Waals surface area contributed by atoms with Crippen molar-refractivity contribution in [1.82, 2.24) is 0 Å². The smallest absolute Gasteiger partial charge is 0.197 e. The van der Waals surface area contributed by atoms with Crippen LogP contribution in [0.1, 0.15) is 0 Å². The van der Waals surface area contributed by atoms with Gasteiger partial charge in [0.2, 0.25) is 0 Å². The monoisotopic (exact) mass is 197 g/mol. The summed E-state index contributed by atoms with van der Waals surface area (Å²) in [5.41, 5.74) is 2.05. The second kappa shape index (κ2) is 3.93. The lowest BCUT2D eigenvalue weighted by atomic mass is 10.0. The Balaban J connectivity index is 2.60. The summed E-state index contributed by atoms with van der Waals surface area (Å²) in [7, 11) is 0. The number of nitrogens with zero attached hydrogens (tertiary/aromatic N) is 1. The first-order valence-corrected chi connectivity index (χ1v) is 4.53. The predicted octanol–water partition coefficient (Wildman–Crippen LogP) is 4.04. The van der Waals surface area contributed by atoms with E-state index >= 15 is 0 Å². The fourth-order valence-corrected chi connectivity index (χ4v) is 1.46. The highest BCUT2D eigenvalue weighted by Gasteiger charge is 2.05. The van der Waals surface area contributed by atoms with E-state index in [2.05, 4.69) is 4.85 Å². The van der Waals surface area contributed by atoms with Gasteiger partial charge in [0, 0.05) is 0 Å². The molecule has 0 unspecified atom stereocenters. The van der Waals surface area contributed by atoms with Gasteiger partial charge in [-0.1, -0.05) is 36.4 Å². The van der Waals surface area contributed by atoms with Gasteiger partial charge < -0.3 is 0 Å². The molecular weight excluding hydrogens is 189 g/mol. The molecule has 0 N–H and O–H groups in total. The first kappa shape index (κ1) is 9.42. The molecule has 0 amide bonds. The van der Waals surface area contributed by atoms with Gasteiger partial charge in [-0.15, -0.1) is 0 Å². The molecule has 2 heteroatoms. The molecule has 0 saturated heterocycles. The Hall–Kier alpha value is -2.14. The molecule has 15 heavy (non-hydrogen) atoms. The van der Waals surface area contributed by atoms with Crippen molar-refractivity contribution in [1.29, 1.82) is 0 Å². The summed E-state index contributed by atoms with van der Waals surface area (Å²) in [6, 6.07) is 13.8. The lowest BCUT2D eigenvalue weighted by molar-refractivity contribution is 0.629. The first-order chi connectivity index (χ1) is 7.31. The molecule has 2 rings (SSSR count). The van der Waals surface area contributed by atoms with E-state index in [1.165, 1.54) is 12.1 Å². The van der Waals surface area contributed by atoms with Gasteiger partial charge in [-0.3, -0.25) is 0 Å². The molecular formula is C13H8FN. The third-order valence-corrected chi connectivity index (χ3v) is 2.17. The van der Waals surface area contributed by atoms with Gasteiger partial charge in [0.15, 0.2) is 5.69 Å². The van der Waals surface area contributed by atoms with Crippen LogP contribution in [0.2, 0.25) is 0 Å². The van der Waals surface area contributed by atoms with E-state index in [4.69, 9.17) is 6.57 Å². The zero-order valence-electron chi connectivity index (χ0n) is 7.94. The molecule has 0 aliphatic heterocycles. The highest BCUT2D eigenvalue weighted by Crippen LogP contribution is 2.30. The van der Waals surface area contributed by atoms with Gasteiger partial charge in [-0.2, -0.15) is 0 Å². The molecule has 0 saturated carbocycles. The van der Waals surface area contributed by atoms with Crippen LogP contribution in [0.4, 0.5) is 10.1 Å². The minimum atomic E-state index is -0.374. The van der Waals surface area contributed by atoms with Gasteiger partial charge in [-0.25, -0.2) is 9.24 Å². The first-order valence-electron chi connectivity index (χ1n) is 4.53. The zero-order chi connectivity index (χ0) is 10.7. The van der Waals surface area contributed by atoms with Gasteiger partial charge in [0.25, 0.3) is 0 Å². The van der Waals surface area contributed by atoms with Crippen LogP contribution >= 0.6 is 0 Å². The van der Waals surface area contributed by atoms with E-state index < -0.39 is 0 Å². The average molecular weight is 197 g/mol.